The average Bonchev–Trinajstić information content (AvgIpc) is 2.59. The Balaban J connectivity index is 2.06. The van der Waals surface area contributed by atoms with E-state index in [0.29, 0.717) is 17.6 Å². The molecule has 0 fully saturated rings. The lowest BCUT2D eigenvalue weighted by Crippen LogP contribution is -2.46. The van der Waals surface area contributed by atoms with Crippen molar-refractivity contribution in [2.45, 2.75) is 71.9 Å². The first-order valence-corrected chi connectivity index (χ1v) is 11.0. The molecule has 1 N–H and O–H groups in total. The first kappa shape index (κ1) is 24.4. The number of aliphatic hydroxyl groups excluding tert-OH is 1. The summed E-state index contributed by atoms with van der Waals surface area (Å²) in [6.07, 6.45) is -0.527. The smallest absolute Gasteiger partial charge is 0.137 e. The van der Waals surface area contributed by atoms with Crippen molar-refractivity contribution in [3.8, 4) is 5.75 Å². The molecule has 0 aliphatic rings. The van der Waals surface area contributed by atoms with E-state index in [1.807, 2.05) is 0 Å². The van der Waals surface area contributed by atoms with Crippen LogP contribution in [0.25, 0.3) is 0 Å². The summed E-state index contributed by atoms with van der Waals surface area (Å²) in [6.45, 7) is 17.2. The van der Waals surface area contributed by atoms with Crippen molar-refractivity contribution >= 4 is 0 Å². The Morgan fingerprint density at radius 3 is 2.03 bits per heavy atom. The number of rotatable bonds is 7. The van der Waals surface area contributed by atoms with Crippen LogP contribution in [-0.4, -0.2) is 42.9 Å². The molecule has 166 valence electrons. The summed E-state index contributed by atoms with van der Waals surface area (Å²) >= 11 is 0. The number of aliphatic hydroxyl groups is 1. The summed E-state index contributed by atoms with van der Waals surface area (Å²) < 4.78 is 6.86. The number of nitrogens with zero attached hydrogens (tertiary/aromatic N) is 1. The van der Waals surface area contributed by atoms with E-state index in [0.717, 1.165) is 12.3 Å². The summed E-state index contributed by atoms with van der Waals surface area (Å²) in [5, 5.41) is 10.7. The zero-order valence-electron chi connectivity index (χ0n) is 20.5. The minimum Gasteiger partial charge on any atom is -0.490 e. The summed E-state index contributed by atoms with van der Waals surface area (Å²) in [7, 11) is 4.31. The maximum atomic E-state index is 10.7. The van der Waals surface area contributed by atoms with E-state index in [1.54, 1.807) is 0 Å². The Labute approximate surface area is 184 Å². The van der Waals surface area contributed by atoms with Crippen molar-refractivity contribution in [1.82, 2.24) is 0 Å². The lowest BCUT2D eigenvalue weighted by atomic mass is 9.80. The lowest BCUT2D eigenvalue weighted by Gasteiger charge is -2.32. The predicted octanol–water partition coefficient (Wildman–Crippen LogP) is 5.61. The molecule has 0 bridgehead atoms. The molecule has 2 aromatic rings. The molecule has 0 spiro atoms. The zero-order valence-corrected chi connectivity index (χ0v) is 20.5. The number of aryl methyl sites for hydroxylation is 1. The maximum absolute atomic E-state index is 10.7. The Bertz CT molecular complexity index is 823. The molecule has 1 unspecified atom stereocenters. The first-order chi connectivity index (χ1) is 13.7. The SMILES string of the molecule is Cc1ccc(C[N+](C)(C)CC(O)COc2ccc(C(C)(C)C)cc2C(C)(C)C)cc1. The second-order valence-corrected chi connectivity index (χ2v) is 11.4. The summed E-state index contributed by atoms with van der Waals surface area (Å²) in [5.74, 6) is 0.874. The van der Waals surface area contributed by atoms with Crippen LogP contribution in [0.3, 0.4) is 0 Å². The second kappa shape index (κ2) is 9.11. The van der Waals surface area contributed by atoms with Gasteiger partial charge in [-0.25, -0.2) is 0 Å². The van der Waals surface area contributed by atoms with Gasteiger partial charge in [-0.05, 0) is 34.9 Å². The third-order valence-corrected chi connectivity index (χ3v) is 5.52. The van der Waals surface area contributed by atoms with Crippen LogP contribution in [0.2, 0.25) is 0 Å². The Kier molecular flexibility index (Phi) is 7.42. The highest BCUT2D eigenvalue weighted by Gasteiger charge is 2.25. The molecule has 3 heteroatoms. The van der Waals surface area contributed by atoms with Gasteiger partial charge < -0.3 is 14.3 Å². The normalized spacial score (nSPS) is 13.9. The molecule has 0 radical (unpaired) electrons. The van der Waals surface area contributed by atoms with Crippen LogP contribution >= 0.6 is 0 Å². The van der Waals surface area contributed by atoms with Crippen molar-refractivity contribution in [1.29, 1.82) is 0 Å². The van der Waals surface area contributed by atoms with E-state index in [2.05, 4.69) is 105 Å². The molecule has 2 aromatic carbocycles. The van der Waals surface area contributed by atoms with Crippen LogP contribution in [-0.2, 0) is 17.4 Å². The first-order valence-electron chi connectivity index (χ1n) is 11.0. The van der Waals surface area contributed by atoms with Crippen molar-refractivity contribution in [3.05, 3.63) is 64.7 Å². The Morgan fingerprint density at radius 1 is 0.900 bits per heavy atom. The van der Waals surface area contributed by atoms with Crippen LogP contribution in [0.4, 0.5) is 0 Å². The van der Waals surface area contributed by atoms with Gasteiger partial charge in [0.05, 0.1) is 14.1 Å². The van der Waals surface area contributed by atoms with Gasteiger partial charge in [-0.2, -0.15) is 0 Å². The molecule has 0 saturated heterocycles. The van der Waals surface area contributed by atoms with Gasteiger partial charge in [0, 0.05) is 5.56 Å². The fourth-order valence-corrected chi connectivity index (χ4v) is 3.77. The van der Waals surface area contributed by atoms with E-state index in [1.165, 1.54) is 22.3 Å². The third kappa shape index (κ3) is 7.14. The van der Waals surface area contributed by atoms with Gasteiger partial charge >= 0.3 is 0 Å². The monoisotopic (exact) mass is 412 g/mol. The summed E-state index contributed by atoms with van der Waals surface area (Å²) in [6, 6.07) is 15.1. The minimum atomic E-state index is -0.527. The fraction of sp³-hybridized carbons (Fsp3) is 0.556. The van der Waals surface area contributed by atoms with Gasteiger partial charge in [0.25, 0.3) is 0 Å². The maximum Gasteiger partial charge on any atom is 0.137 e. The third-order valence-electron chi connectivity index (χ3n) is 5.52. The number of ether oxygens (including phenoxy) is 1. The van der Waals surface area contributed by atoms with Gasteiger partial charge in [0.15, 0.2) is 0 Å². The van der Waals surface area contributed by atoms with Gasteiger partial charge in [-0.15, -0.1) is 0 Å². The molecule has 1 atom stereocenters. The summed E-state index contributed by atoms with van der Waals surface area (Å²) in [4.78, 5) is 0. The quantitative estimate of drug-likeness (QED) is 0.599. The second-order valence-electron chi connectivity index (χ2n) is 11.4. The van der Waals surface area contributed by atoms with Crippen LogP contribution < -0.4 is 4.74 Å². The molecule has 30 heavy (non-hydrogen) atoms. The minimum absolute atomic E-state index is 0.0255. The van der Waals surface area contributed by atoms with E-state index >= 15 is 0 Å². The topological polar surface area (TPSA) is 29.5 Å². The molecule has 0 amide bonds. The van der Waals surface area contributed by atoms with Crippen LogP contribution in [0.15, 0.2) is 42.5 Å². The van der Waals surface area contributed by atoms with Crippen molar-refractivity contribution < 1.29 is 14.3 Å². The van der Waals surface area contributed by atoms with Gasteiger partial charge in [0.1, 0.15) is 31.5 Å². The predicted molar refractivity (Wildman–Crippen MR) is 127 cm³/mol. The van der Waals surface area contributed by atoms with E-state index in [4.69, 9.17) is 4.74 Å². The fourth-order valence-electron chi connectivity index (χ4n) is 3.77. The molecule has 0 aliphatic carbocycles. The van der Waals surface area contributed by atoms with Crippen LogP contribution in [0.5, 0.6) is 5.75 Å². The highest BCUT2D eigenvalue weighted by molar-refractivity contribution is 5.43. The Hall–Kier alpha value is -1.84. The molecular formula is C27H42NO2+. The highest BCUT2D eigenvalue weighted by Crippen LogP contribution is 2.35. The van der Waals surface area contributed by atoms with Gasteiger partial charge in [-0.1, -0.05) is 83.5 Å². The van der Waals surface area contributed by atoms with Crippen molar-refractivity contribution in [2.75, 3.05) is 27.2 Å². The summed E-state index contributed by atoms with van der Waals surface area (Å²) in [5.41, 5.74) is 5.11. The number of hydrogen-bond donors (Lipinski definition) is 1. The number of quaternary nitrogens is 1. The number of hydrogen-bond acceptors (Lipinski definition) is 2. The molecule has 0 saturated carbocycles. The van der Waals surface area contributed by atoms with Crippen molar-refractivity contribution in [2.24, 2.45) is 0 Å². The molecule has 0 aliphatic heterocycles. The van der Waals surface area contributed by atoms with Crippen molar-refractivity contribution in [3.63, 3.8) is 0 Å². The number of benzene rings is 2. The van der Waals surface area contributed by atoms with E-state index < -0.39 is 6.10 Å². The average molecular weight is 413 g/mol. The van der Waals surface area contributed by atoms with E-state index in [-0.39, 0.29) is 10.8 Å². The van der Waals surface area contributed by atoms with Crippen LogP contribution in [0.1, 0.15) is 63.8 Å². The highest BCUT2D eigenvalue weighted by atomic mass is 16.5. The van der Waals surface area contributed by atoms with E-state index in [9.17, 15) is 5.11 Å². The standard InChI is InChI=1S/C27H42NO2/c1-20-10-12-21(13-11-20)17-28(8,9)18-23(29)19-30-25-15-14-22(26(2,3)4)16-24(25)27(5,6)7/h10-16,23,29H,17-19H2,1-9H3/q+1. The number of likely N-dealkylation sites (N-methyl/N-ethyl adjacent to an activating group) is 1. The molecule has 3 nitrogen and oxygen atoms in total. The largest absolute Gasteiger partial charge is 0.490 e. The lowest BCUT2D eigenvalue weighted by molar-refractivity contribution is -0.906. The van der Waals surface area contributed by atoms with Crippen LogP contribution in [0, 0.1) is 6.92 Å². The molecule has 0 heterocycles. The molecular weight excluding hydrogens is 370 g/mol. The van der Waals surface area contributed by atoms with Gasteiger partial charge in [0.2, 0.25) is 0 Å². The Morgan fingerprint density at radius 2 is 1.50 bits per heavy atom. The zero-order chi connectivity index (χ0) is 22.7. The molecule has 2 rings (SSSR count). The van der Waals surface area contributed by atoms with Gasteiger partial charge in [-0.3, -0.25) is 0 Å². The molecule has 0 aromatic heterocycles.